The SMILES string of the molecule is COCCn1cccc1C(=O)N(CC(=O)O)C1CCCC1. The summed E-state index contributed by atoms with van der Waals surface area (Å²) < 4.78 is 6.85. The number of aromatic nitrogens is 1. The molecule has 1 amide bonds. The second kappa shape index (κ2) is 7.26. The van der Waals surface area contributed by atoms with Gasteiger partial charge in [0, 0.05) is 25.9 Å². The zero-order valence-electron chi connectivity index (χ0n) is 12.3. The topological polar surface area (TPSA) is 71.8 Å². The van der Waals surface area contributed by atoms with Crippen LogP contribution >= 0.6 is 0 Å². The van der Waals surface area contributed by atoms with Gasteiger partial charge in [-0.05, 0) is 25.0 Å². The van der Waals surface area contributed by atoms with Gasteiger partial charge < -0.3 is 19.3 Å². The van der Waals surface area contributed by atoms with E-state index in [0.29, 0.717) is 18.8 Å². The van der Waals surface area contributed by atoms with Crippen molar-refractivity contribution >= 4 is 11.9 Å². The Morgan fingerprint density at radius 1 is 1.43 bits per heavy atom. The summed E-state index contributed by atoms with van der Waals surface area (Å²) in [5.74, 6) is -1.17. The van der Waals surface area contributed by atoms with Crippen LogP contribution in [-0.4, -0.2) is 52.8 Å². The Labute approximate surface area is 124 Å². The first-order valence-corrected chi connectivity index (χ1v) is 7.30. The summed E-state index contributed by atoms with van der Waals surface area (Å²) in [4.78, 5) is 25.3. The van der Waals surface area contributed by atoms with Crippen molar-refractivity contribution in [3.05, 3.63) is 24.0 Å². The molecule has 0 radical (unpaired) electrons. The van der Waals surface area contributed by atoms with Crippen LogP contribution in [0.4, 0.5) is 0 Å². The molecule has 1 aliphatic carbocycles. The van der Waals surface area contributed by atoms with Crippen LogP contribution in [-0.2, 0) is 16.1 Å². The van der Waals surface area contributed by atoms with Gasteiger partial charge in [-0.3, -0.25) is 9.59 Å². The molecular formula is C15H22N2O4. The number of ether oxygens (including phenoxy) is 1. The van der Waals surface area contributed by atoms with Crippen LogP contribution < -0.4 is 0 Å². The quantitative estimate of drug-likeness (QED) is 0.829. The zero-order valence-corrected chi connectivity index (χ0v) is 12.3. The van der Waals surface area contributed by atoms with Gasteiger partial charge in [0.15, 0.2) is 0 Å². The summed E-state index contributed by atoms with van der Waals surface area (Å²) in [6.45, 7) is 0.854. The number of hydrogen-bond acceptors (Lipinski definition) is 3. The second-order valence-electron chi connectivity index (χ2n) is 5.34. The summed E-state index contributed by atoms with van der Waals surface area (Å²) >= 11 is 0. The number of aliphatic carboxylic acids is 1. The molecule has 1 fully saturated rings. The van der Waals surface area contributed by atoms with Crippen LogP contribution in [0, 0.1) is 0 Å². The highest BCUT2D eigenvalue weighted by Crippen LogP contribution is 2.25. The first-order chi connectivity index (χ1) is 10.1. The minimum absolute atomic E-state index is 0.0411. The predicted molar refractivity (Wildman–Crippen MR) is 77.2 cm³/mol. The van der Waals surface area contributed by atoms with E-state index in [4.69, 9.17) is 9.84 Å². The lowest BCUT2D eigenvalue weighted by atomic mass is 10.2. The van der Waals surface area contributed by atoms with Crippen molar-refractivity contribution in [2.75, 3.05) is 20.3 Å². The van der Waals surface area contributed by atoms with Gasteiger partial charge in [-0.15, -0.1) is 0 Å². The molecule has 0 saturated heterocycles. The maximum atomic E-state index is 12.7. The Bertz CT molecular complexity index is 492. The number of carbonyl (C=O) groups excluding carboxylic acids is 1. The maximum absolute atomic E-state index is 12.7. The van der Waals surface area contributed by atoms with Gasteiger partial charge in [0.25, 0.3) is 5.91 Å². The van der Waals surface area contributed by atoms with Gasteiger partial charge >= 0.3 is 5.97 Å². The van der Waals surface area contributed by atoms with E-state index in [1.165, 1.54) is 4.90 Å². The van der Waals surface area contributed by atoms with Gasteiger partial charge in [0.2, 0.25) is 0 Å². The first-order valence-electron chi connectivity index (χ1n) is 7.30. The maximum Gasteiger partial charge on any atom is 0.323 e. The number of hydrogen-bond donors (Lipinski definition) is 1. The molecule has 1 N–H and O–H groups in total. The number of rotatable bonds is 7. The number of methoxy groups -OCH3 is 1. The summed E-state index contributed by atoms with van der Waals surface area (Å²) in [5, 5.41) is 9.08. The molecule has 116 valence electrons. The van der Waals surface area contributed by atoms with E-state index in [9.17, 15) is 9.59 Å². The van der Waals surface area contributed by atoms with E-state index in [2.05, 4.69) is 0 Å². The number of carbonyl (C=O) groups is 2. The van der Waals surface area contributed by atoms with Crippen molar-refractivity contribution in [1.29, 1.82) is 0 Å². The fourth-order valence-corrected chi connectivity index (χ4v) is 2.87. The Hall–Kier alpha value is -1.82. The van der Waals surface area contributed by atoms with Crippen molar-refractivity contribution in [2.24, 2.45) is 0 Å². The second-order valence-corrected chi connectivity index (χ2v) is 5.34. The molecule has 1 heterocycles. The number of carboxylic acid groups (broad SMARTS) is 1. The molecule has 0 unspecified atom stereocenters. The van der Waals surface area contributed by atoms with Crippen LogP contribution in [0.2, 0.25) is 0 Å². The first kappa shape index (κ1) is 15.6. The Balaban J connectivity index is 2.17. The zero-order chi connectivity index (χ0) is 15.2. The lowest BCUT2D eigenvalue weighted by molar-refractivity contribution is -0.138. The number of amides is 1. The van der Waals surface area contributed by atoms with Crippen molar-refractivity contribution in [3.8, 4) is 0 Å². The minimum Gasteiger partial charge on any atom is -0.480 e. The van der Waals surface area contributed by atoms with Crippen LogP contribution in [0.15, 0.2) is 18.3 Å². The average molecular weight is 294 g/mol. The lowest BCUT2D eigenvalue weighted by Crippen LogP contribution is -2.43. The fraction of sp³-hybridized carbons (Fsp3) is 0.600. The van der Waals surface area contributed by atoms with Crippen LogP contribution in [0.1, 0.15) is 36.2 Å². The van der Waals surface area contributed by atoms with E-state index in [-0.39, 0.29) is 18.5 Å². The van der Waals surface area contributed by atoms with Crippen molar-refractivity contribution in [1.82, 2.24) is 9.47 Å². The monoisotopic (exact) mass is 294 g/mol. The summed E-state index contributed by atoms with van der Waals surface area (Å²) in [5.41, 5.74) is 0.528. The molecule has 2 rings (SSSR count). The molecule has 0 atom stereocenters. The Morgan fingerprint density at radius 2 is 2.14 bits per heavy atom. The molecule has 0 bridgehead atoms. The smallest absolute Gasteiger partial charge is 0.323 e. The van der Waals surface area contributed by atoms with Gasteiger partial charge in [-0.1, -0.05) is 12.8 Å². The summed E-state index contributed by atoms with van der Waals surface area (Å²) in [6, 6.07) is 3.58. The van der Waals surface area contributed by atoms with E-state index >= 15 is 0 Å². The van der Waals surface area contributed by atoms with Gasteiger partial charge in [0.1, 0.15) is 12.2 Å². The Morgan fingerprint density at radius 3 is 2.76 bits per heavy atom. The van der Waals surface area contributed by atoms with Gasteiger partial charge in [-0.2, -0.15) is 0 Å². The van der Waals surface area contributed by atoms with E-state index in [0.717, 1.165) is 25.7 Å². The molecule has 21 heavy (non-hydrogen) atoms. The van der Waals surface area contributed by atoms with Gasteiger partial charge in [-0.25, -0.2) is 0 Å². The molecule has 1 saturated carbocycles. The summed E-state index contributed by atoms with van der Waals surface area (Å²) in [7, 11) is 1.61. The van der Waals surface area contributed by atoms with E-state index < -0.39 is 5.97 Å². The molecule has 6 heteroatoms. The largest absolute Gasteiger partial charge is 0.480 e. The van der Waals surface area contributed by atoms with Gasteiger partial charge in [0.05, 0.1) is 6.61 Å². The standard InChI is InChI=1S/C15H22N2O4/c1-21-10-9-16-8-4-7-13(16)15(20)17(11-14(18)19)12-5-2-3-6-12/h4,7-8,12H,2-3,5-6,9-11H2,1H3,(H,18,19). The van der Waals surface area contributed by atoms with Crippen LogP contribution in [0.25, 0.3) is 0 Å². The number of nitrogens with zero attached hydrogens (tertiary/aromatic N) is 2. The van der Waals surface area contributed by atoms with Crippen LogP contribution in [0.5, 0.6) is 0 Å². The van der Waals surface area contributed by atoms with Crippen molar-refractivity contribution in [2.45, 2.75) is 38.3 Å². The molecule has 1 aliphatic rings. The summed E-state index contributed by atoms with van der Waals surface area (Å²) in [6.07, 6.45) is 5.70. The van der Waals surface area contributed by atoms with E-state index in [1.54, 1.807) is 19.2 Å². The van der Waals surface area contributed by atoms with E-state index in [1.807, 2.05) is 10.8 Å². The third-order valence-electron chi connectivity index (χ3n) is 3.92. The number of carboxylic acids is 1. The van der Waals surface area contributed by atoms with Crippen molar-refractivity contribution < 1.29 is 19.4 Å². The fourth-order valence-electron chi connectivity index (χ4n) is 2.87. The highest BCUT2D eigenvalue weighted by Gasteiger charge is 2.30. The third kappa shape index (κ3) is 3.85. The molecule has 0 spiro atoms. The average Bonchev–Trinajstić information content (AvgIpc) is 3.12. The molecular weight excluding hydrogens is 272 g/mol. The highest BCUT2D eigenvalue weighted by atomic mass is 16.5. The molecule has 0 aliphatic heterocycles. The van der Waals surface area contributed by atoms with Crippen molar-refractivity contribution in [3.63, 3.8) is 0 Å². The molecule has 1 aromatic rings. The minimum atomic E-state index is -0.967. The normalized spacial score (nSPS) is 15.3. The Kier molecular flexibility index (Phi) is 5.38. The predicted octanol–water partition coefficient (Wildman–Crippen LogP) is 1.60. The third-order valence-corrected chi connectivity index (χ3v) is 3.92. The molecule has 6 nitrogen and oxygen atoms in total. The molecule has 1 aromatic heterocycles. The lowest BCUT2D eigenvalue weighted by Gasteiger charge is -2.27. The highest BCUT2D eigenvalue weighted by molar-refractivity contribution is 5.94. The van der Waals surface area contributed by atoms with Crippen LogP contribution in [0.3, 0.4) is 0 Å². The molecule has 0 aromatic carbocycles.